The number of carbonyl (C=O) groups excluding carboxylic acids is 1. The zero-order chi connectivity index (χ0) is 25.2. The first kappa shape index (κ1) is 23.9. The number of hydrogen-bond donors (Lipinski definition) is 1. The molecule has 1 heterocycles. The van der Waals surface area contributed by atoms with Crippen molar-refractivity contribution < 1.29 is 9.53 Å². The summed E-state index contributed by atoms with van der Waals surface area (Å²) in [6, 6.07) is 23.6. The van der Waals surface area contributed by atoms with Crippen molar-refractivity contribution in [2.45, 2.75) is 25.9 Å². The van der Waals surface area contributed by atoms with Crippen LogP contribution in [0.15, 0.2) is 72.9 Å². The molecule has 1 N–H and O–H groups in total. The van der Waals surface area contributed by atoms with Gasteiger partial charge in [-0.15, -0.1) is 0 Å². The predicted octanol–water partition coefficient (Wildman–Crippen LogP) is 7.67. The fourth-order valence-corrected chi connectivity index (χ4v) is 4.99. The average Bonchev–Trinajstić information content (AvgIpc) is 2.88. The lowest BCUT2D eigenvalue weighted by atomic mass is 9.75. The molecular weight excluding hydrogens is 493 g/mol. The van der Waals surface area contributed by atoms with E-state index in [-0.39, 0.29) is 18.3 Å². The molecule has 1 amide bonds. The Bertz CT molecular complexity index is 1530. The summed E-state index contributed by atoms with van der Waals surface area (Å²) in [5.41, 5.74) is 6.98. The molecule has 7 heteroatoms. The highest BCUT2D eigenvalue weighted by Gasteiger charge is 2.30. The summed E-state index contributed by atoms with van der Waals surface area (Å²) < 4.78 is 5.37. The number of ether oxygens (including phenoxy) is 1. The van der Waals surface area contributed by atoms with Gasteiger partial charge in [0.1, 0.15) is 18.2 Å². The monoisotopic (exact) mass is 513 g/mol. The molecule has 5 nitrogen and oxygen atoms in total. The van der Waals surface area contributed by atoms with Gasteiger partial charge in [0.25, 0.3) is 0 Å². The van der Waals surface area contributed by atoms with Gasteiger partial charge in [-0.1, -0.05) is 83.4 Å². The SMILES string of the molecule is Cc1cccc(COC(=O)Nc2ncc3c(c2C#N)-c2ccccc2C(c2ccc(Cl)c(Cl)c2)C3)c1. The molecule has 178 valence electrons. The maximum absolute atomic E-state index is 12.5. The number of nitrogens with one attached hydrogen (secondary N) is 1. The maximum atomic E-state index is 12.5. The van der Waals surface area contributed by atoms with Gasteiger partial charge < -0.3 is 4.74 Å². The number of rotatable bonds is 4. The first-order valence-corrected chi connectivity index (χ1v) is 12.2. The maximum Gasteiger partial charge on any atom is 0.413 e. The first-order chi connectivity index (χ1) is 17.4. The van der Waals surface area contributed by atoms with Crippen LogP contribution in [-0.2, 0) is 17.8 Å². The van der Waals surface area contributed by atoms with Crippen molar-refractivity contribution in [3.05, 3.63) is 116 Å². The second-order valence-electron chi connectivity index (χ2n) is 8.70. The number of anilines is 1. The molecule has 0 bridgehead atoms. The summed E-state index contributed by atoms with van der Waals surface area (Å²) >= 11 is 12.5. The molecule has 1 aliphatic rings. The highest BCUT2D eigenvalue weighted by Crippen LogP contribution is 2.45. The Balaban J connectivity index is 1.46. The molecule has 0 fully saturated rings. The van der Waals surface area contributed by atoms with Crippen LogP contribution in [0.4, 0.5) is 10.6 Å². The van der Waals surface area contributed by atoms with Crippen LogP contribution in [0.25, 0.3) is 11.1 Å². The van der Waals surface area contributed by atoms with Crippen molar-refractivity contribution in [3.63, 3.8) is 0 Å². The number of nitrogens with zero attached hydrogens (tertiary/aromatic N) is 2. The Hall–Kier alpha value is -3.85. The number of benzene rings is 3. The van der Waals surface area contributed by atoms with Gasteiger partial charge in [-0.3, -0.25) is 5.32 Å². The highest BCUT2D eigenvalue weighted by atomic mass is 35.5. The Morgan fingerprint density at radius 3 is 2.72 bits per heavy atom. The van der Waals surface area contributed by atoms with Gasteiger partial charge in [0.05, 0.1) is 10.0 Å². The van der Waals surface area contributed by atoms with Gasteiger partial charge in [-0.05, 0) is 53.3 Å². The van der Waals surface area contributed by atoms with Crippen molar-refractivity contribution in [1.82, 2.24) is 4.98 Å². The summed E-state index contributed by atoms with van der Waals surface area (Å²) in [5.74, 6) is 0.197. The van der Waals surface area contributed by atoms with E-state index >= 15 is 0 Å². The third-order valence-corrected chi connectivity index (χ3v) is 7.06. The normalized spacial score (nSPS) is 13.8. The topological polar surface area (TPSA) is 75.0 Å². The molecule has 0 spiro atoms. The smallest absolute Gasteiger partial charge is 0.413 e. The van der Waals surface area contributed by atoms with E-state index in [2.05, 4.69) is 22.4 Å². The van der Waals surface area contributed by atoms with E-state index in [0.29, 0.717) is 22.0 Å². The molecule has 0 aliphatic heterocycles. The van der Waals surface area contributed by atoms with Gasteiger partial charge in [0, 0.05) is 17.7 Å². The van der Waals surface area contributed by atoms with Crippen LogP contribution in [0.1, 0.15) is 39.3 Å². The predicted molar refractivity (Wildman–Crippen MR) is 141 cm³/mol. The third kappa shape index (κ3) is 4.66. The Labute approximate surface area is 219 Å². The second-order valence-corrected chi connectivity index (χ2v) is 9.52. The van der Waals surface area contributed by atoms with E-state index in [1.807, 2.05) is 61.5 Å². The number of halogens is 2. The molecular formula is C29H21Cl2N3O2. The molecule has 1 atom stereocenters. The van der Waals surface area contributed by atoms with Crippen LogP contribution in [-0.4, -0.2) is 11.1 Å². The van der Waals surface area contributed by atoms with Crippen LogP contribution in [0.2, 0.25) is 10.0 Å². The lowest BCUT2D eigenvalue weighted by Gasteiger charge is -2.29. The van der Waals surface area contributed by atoms with Gasteiger partial charge in [0.15, 0.2) is 5.82 Å². The lowest BCUT2D eigenvalue weighted by molar-refractivity contribution is 0.155. The van der Waals surface area contributed by atoms with Gasteiger partial charge in [0.2, 0.25) is 0 Å². The van der Waals surface area contributed by atoms with Crippen LogP contribution in [0.5, 0.6) is 0 Å². The minimum Gasteiger partial charge on any atom is -0.444 e. The zero-order valence-electron chi connectivity index (χ0n) is 19.4. The van der Waals surface area contributed by atoms with E-state index in [0.717, 1.165) is 38.9 Å². The molecule has 1 aromatic heterocycles. The highest BCUT2D eigenvalue weighted by molar-refractivity contribution is 6.42. The molecule has 4 aromatic rings. The molecule has 3 aromatic carbocycles. The minimum absolute atomic E-state index is 0.0231. The molecule has 0 radical (unpaired) electrons. The number of aromatic nitrogens is 1. The quantitative estimate of drug-likeness (QED) is 0.303. The van der Waals surface area contributed by atoms with E-state index in [4.69, 9.17) is 27.9 Å². The first-order valence-electron chi connectivity index (χ1n) is 11.4. The van der Waals surface area contributed by atoms with Crippen LogP contribution in [0.3, 0.4) is 0 Å². The van der Waals surface area contributed by atoms with Crippen molar-refractivity contribution in [2.75, 3.05) is 5.32 Å². The van der Waals surface area contributed by atoms with E-state index in [1.54, 1.807) is 12.3 Å². The van der Waals surface area contributed by atoms with Crippen molar-refractivity contribution in [3.8, 4) is 17.2 Å². The molecule has 5 rings (SSSR count). The third-order valence-electron chi connectivity index (χ3n) is 6.32. The Morgan fingerprint density at radius 2 is 1.94 bits per heavy atom. The molecule has 1 aliphatic carbocycles. The number of aryl methyl sites for hydroxylation is 1. The molecule has 0 saturated heterocycles. The zero-order valence-corrected chi connectivity index (χ0v) is 20.9. The number of nitriles is 1. The number of fused-ring (bicyclic) bond motifs is 3. The summed E-state index contributed by atoms with van der Waals surface area (Å²) in [6.07, 6.45) is 1.68. The van der Waals surface area contributed by atoms with Crippen molar-refractivity contribution >= 4 is 35.1 Å². The summed E-state index contributed by atoms with van der Waals surface area (Å²) in [6.45, 7) is 2.10. The van der Waals surface area contributed by atoms with E-state index in [1.165, 1.54) is 0 Å². The fraction of sp³-hybridized carbons (Fsp3) is 0.138. The number of hydrogen-bond acceptors (Lipinski definition) is 4. The number of carbonyl (C=O) groups is 1. The standard InChI is InChI=1S/C29H21Cl2N3O2/c1-17-5-4-6-18(11-17)16-36-29(35)34-28-24(14-32)27-20(15-33-28)12-23(21-7-2-3-8-22(21)27)19-9-10-25(30)26(31)13-19/h2-11,13,15,23H,12,16H2,1H3,(H,33,34,35). The Morgan fingerprint density at radius 1 is 1.11 bits per heavy atom. The summed E-state index contributed by atoms with van der Waals surface area (Å²) in [4.78, 5) is 17.0. The average molecular weight is 514 g/mol. The van der Waals surface area contributed by atoms with Gasteiger partial charge >= 0.3 is 6.09 Å². The van der Waals surface area contributed by atoms with Crippen LogP contribution >= 0.6 is 23.2 Å². The second kappa shape index (κ2) is 10.0. The van der Waals surface area contributed by atoms with Gasteiger partial charge in [-0.25, -0.2) is 9.78 Å². The van der Waals surface area contributed by atoms with Crippen LogP contribution in [0, 0.1) is 18.3 Å². The minimum atomic E-state index is -0.668. The summed E-state index contributed by atoms with van der Waals surface area (Å²) in [7, 11) is 0. The number of amides is 1. The fourth-order valence-electron chi connectivity index (χ4n) is 4.69. The molecule has 0 saturated carbocycles. The summed E-state index contributed by atoms with van der Waals surface area (Å²) in [5, 5.41) is 13.7. The van der Waals surface area contributed by atoms with E-state index < -0.39 is 6.09 Å². The lowest BCUT2D eigenvalue weighted by Crippen LogP contribution is -2.18. The van der Waals surface area contributed by atoms with Crippen molar-refractivity contribution in [1.29, 1.82) is 5.26 Å². The molecule has 1 unspecified atom stereocenters. The van der Waals surface area contributed by atoms with E-state index in [9.17, 15) is 10.1 Å². The number of pyridine rings is 1. The largest absolute Gasteiger partial charge is 0.444 e. The van der Waals surface area contributed by atoms with Gasteiger partial charge in [-0.2, -0.15) is 5.26 Å². The molecule has 36 heavy (non-hydrogen) atoms. The Kier molecular flexibility index (Phi) is 6.65. The van der Waals surface area contributed by atoms with Crippen molar-refractivity contribution in [2.24, 2.45) is 0 Å². The van der Waals surface area contributed by atoms with Crippen LogP contribution < -0.4 is 5.32 Å².